The third kappa shape index (κ3) is 4.32. The molecule has 0 bridgehead atoms. The fourth-order valence-corrected chi connectivity index (χ4v) is 7.46. The first-order valence-electron chi connectivity index (χ1n) is 9.54. The number of amidine groups is 1. The molecule has 0 saturated carbocycles. The highest BCUT2D eigenvalue weighted by Crippen LogP contribution is 2.36. The number of hydrogen-bond donors (Lipinski definition) is 2. The van der Waals surface area contributed by atoms with E-state index in [0.29, 0.717) is 39.5 Å². The zero-order valence-corrected chi connectivity index (χ0v) is 18.5. The fourth-order valence-electron chi connectivity index (χ4n) is 3.63. The van der Waals surface area contributed by atoms with Crippen LogP contribution in [0.15, 0.2) is 41.4 Å². The summed E-state index contributed by atoms with van der Waals surface area (Å²) >= 11 is 7.69. The smallest absolute Gasteiger partial charge is 0.251 e. The highest BCUT2D eigenvalue weighted by Gasteiger charge is 2.42. The van der Waals surface area contributed by atoms with E-state index >= 15 is 0 Å². The van der Waals surface area contributed by atoms with E-state index in [2.05, 4.69) is 15.6 Å². The molecule has 5 rings (SSSR count). The summed E-state index contributed by atoms with van der Waals surface area (Å²) in [6.07, 6.45) is 0. The molecular formula is C20H18ClN3O5S2. The van der Waals surface area contributed by atoms with Crippen LogP contribution in [0.4, 0.5) is 5.69 Å². The molecule has 3 aliphatic rings. The Morgan fingerprint density at radius 2 is 2.00 bits per heavy atom. The number of fused-ring (bicyclic) bond motifs is 2. The number of thioether (sulfide) groups is 1. The van der Waals surface area contributed by atoms with Crippen LogP contribution in [0.25, 0.3) is 0 Å². The van der Waals surface area contributed by atoms with Gasteiger partial charge in [-0.15, -0.1) is 0 Å². The molecule has 2 aromatic rings. The number of rotatable bonds is 4. The van der Waals surface area contributed by atoms with Gasteiger partial charge in [-0.3, -0.25) is 9.79 Å². The topological polar surface area (TPSA) is 106 Å². The van der Waals surface area contributed by atoms with E-state index in [0.717, 1.165) is 5.56 Å². The van der Waals surface area contributed by atoms with E-state index in [1.54, 1.807) is 18.2 Å². The highest BCUT2D eigenvalue weighted by molar-refractivity contribution is 8.15. The van der Waals surface area contributed by atoms with Crippen molar-refractivity contribution in [2.24, 2.45) is 4.99 Å². The number of ether oxygens (including phenoxy) is 2. The van der Waals surface area contributed by atoms with Gasteiger partial charge in [0.2, 0.25) is 6.79 Å². The first kappa shape index (κ1) is 20.5. The van der Waals surface area contributed by atoms with Gasteiger partial charge >= 0.3 is 0 Å². The molecule has 162 valence electrons. The van der Waals surface area contributed by atoms with Gasteiger partial charge in [0.1, 0.15) is 0 Å². The summed E-state index contributed by atoms with van der Waals surface area (Å²) in [7, 11) is -3.01. The number of anilines is 1. The van der Waals surface area contributed by atoms with Crippen molar-refractivity contribution in [2.45, 2.75) is 17.8 Å². The van der Waals surface area contributed by atoms with Gasteiger partial charge in [-0.2, -0.15) is 0 Å². The highest BCUT2D eigenvalue weighted by atomic mass is 35.5. The molecule has 11 heteroatoms. The molecule has 0 unspecified atom stereocenters. The number of nitrogens with one attached hydrogen (secondary N) is 2. The summed E-state index contributed by atoms with van der Waals surface area (Å²) < 4.78 is 34.1. The second kappa shape index (κ2) is 7.92. The minimum Gasteiger partial charge on any atom is -0.454 e. The Kier molecular flexibility index (Phi) is 5.23. The van der Waals surface area contributed by atoms with E-state index in [1.165, 1.54) is 11.8 Å². The van der Waals surface area contributed by atoms with Crippen LogP contribution < -0.4 is 20.1 Å². The van der Waals surface area contributed by atoms with E-state index in [9.17, 15) is 13.2 Å². The van der Waals surface area contributed by atoms with E-state index in [-0.39, 0.29) is 35.5 Å². The number of sulfone groups is 1. The number of amides is 1. The second-order valence-electron chi connectivity index (χ2n) is 7.42. The van der Waals surface area contributed by atoms with Gasteiger partial charge in [0.25, 0.3) is 5.91 Å². The number of benzene rings is 2. The predicted octanol–water partition coefficient (Wildman–Crippen LogP) is 2.68. The van der Waals surface area contributed by atoms with Gasteiger partial charge < -0.3 is 20.1 Å². The Labute approximate surface area is 188 Å². The predicted molar refractivity (Wildman–Crippen MR) is 120 cm³/mol. The molecule has 8 nitrogen and oxygen atoms in total. The lowest BCUT2D eigenvalue weighted by molar-refractivity contribution is 0.0951. The van der Waals surface area contributed by atoms with Gasteiger partial charge in [-0.05, 0) is 35.9 Å². The summed E-state index contributed by atoms with van der Waals surface area (Å²) in [5.41, 5.74) is 1.88. The largest absolute Gasteiger partial charge is 0.454 e. The van der Waals surface area contributed by atoms with Crippen LogP contribution in [0.3, 0.4) is 0 Å². The molecule has 3 heterocycles. The molecule has 1 saturated heterocycles. The molecule has 0 radical (unpaired) electrons. The fraction of sp³-hybridized carbons (Fsp3) is 0.300. The molecule has 2 atom stereocenters. The van der Waals surface area contributed by atoms with Gasteiger partial charge in [0, 0.05) is 17.4 Å². The summed E-state index contributed by atoms with van der Waals surface area (Å²) in [4.78, 5) is 17.1. The van der Waals surface area contributed by atoms with Crippen molar-refractivity contribution in [3.8, 4) is 11.5 Å². The Bertz CT molecular complexity index is 1200. The maximum Gasteiger partial charge on any atom is 0.251 e. The van der Waals surface area contributed by atoms with Gasteiger partial charge in [0.05, 0.1) is 28.3 Å². The molecule has 0 aliphatic carbocycles. The van der Waals surface area contributed by atoms with Crippen LogP contribution in [-0.2, 0) is 16.4 Å². The molecule has 0 spiro atoms. The number of aliphatic imine (C=N–C) groups is 1. The molecule has 2 N–H and O–H groups in total. The maximum absolute atomic E-state index is 12.6. The lowest BCUT2D eigenvalue weighted by Gasteiger charge is -2.11. The first-order chi connectivity index (χ1) is 14.9. The van der Waals surface area contributed by atoms with Crippen molar-refractivity contribution in [3.05, 3.63) is 52.5 Å². The van der Waals surface area contributed by atoms with Crippen LogP contribution in [0.2, 0.25) is 5.02 Å². The number of carbonyl (C=O) groups is 1. The minimum atomic E-state index is -3.01. The van der Waals surface area contributed by atoms with Crippen molar-refractivity contribution < 1.29 is 22.7 Å². The van der Waals surface area contributed by atoms with Crippen molar-refractivity contribution in [1.29, 1.82) is 0 Å². The van der Waals surface area contributed by atoms with Crippen LogP contribution in [0.5, 0.6) is 11.5 Å². The molecule has 0 aromatic heterocycles. The van der Waals surface area contributed by atoms with Gasteiger partial charge in [0.15, 0.2) is 26.5 Å². The van der Waals surface area contributed by atoms with E-state index in [4.69, 9.17) is 21.1 Å². The minimum absolute atomic E-state index is 0.0699. The standard InChI is InChI=1S/C20H18ClN3O5S2/c21-13-3-2-12(19(25)22-7-11-1-4-16-17(5-11)29-10-28-16)6-14(13)23-20-24-15-8-31(26,27)9-18(15)30-20/h1-6,15,18H,7-10H2,(H,22,25)(H,23,24)/t15-,18-/m0/s1. The molecule has 1 amide bonds. The number of halogens is 1. The van der Waals surface area contributed by atoms with E-state index in [1.807, 2.05) is 18.2 Å². The number of nitrogens with zero attached hydrogens (tertiary/aromatic N) is 1. The van der Waals surface area contributed by atoms with Crippen molar-refractivity contribution in [1.82, 2.24) is 5.32 Å². The van der Waals surface area contributed by atoms with Crippen molar-refractivity contribution in [3.63, 3.8) is 0 Å². The van der Waals surface area contributed by atoms with Crippen molar-refractivity contribution >= 4 is 50.0 Å². The van der Waals surface area contributed by atoms with Crippen LogP contribution in [0.1, 0.15) is 15.9 Å². The van der Waals surface area contributed by atoms with Crippen LogP contribution in [-0.4, -0.2) is 49.1 Å². The second-order valence-corrected chi connectivity index (χ2v) is 11.2. The number of carbonyl (C=O) groups excluding carboxylic acids is 1. The molecule has 3 aliphatic heterocycles. The molecule has 1 fully saturated rings. The van der Waals surface area contributed by atoms with Crippen LogP contribution in [0, 0.1) is 0 Å². The average Bonchev–Trinajstić information content (AvgIpc) is 3.39. The van der Waals surface area contributed by atoms with E-state index < -0.39 is 9.84 Å². The lowest BCUT2D eigenvalue weighted by Crippen LogP contribution is -2.23. The van der Waals surface area contributed by atoms with Crippen LogP contribution >= 0.6 is 23.4 Å². The summed E-state index contributed by atoms with van der Waals surface area (Å²) in [5.74, 6) is 1.32. The third-order valence-corrected chi connectivity index (χ3v) is 8.65. The van der Waals surface area contributed by atoms with Gasteiger partial charge in [-0.1, -0.05) is 29.4 Å². The van der Waals surface area contributed by atoms with Crippen molar-refractivity contribution in [2.75, 3.05) is 23.6 Å². The molecule has 2 aromatic carbocycles. The zero-order valence-electron chi connectivity index (χ0n) is 16.1. The first-order valence-corrected chi connectivity index (χ1v) is 12.6. The average molecular weight is 480 g/mol. The third-order valence-electron chi connectivity index (χ3n) is 5.18. The zero-order chi connectivity index (χ0) is 21.6. The van der Waals surface area contributed by atoms with Gasteiger partial charge in [-0.25, -0.2) is 8.42 Å². The normalized spacial score (nSPS) is 22.7. The SMILES string of the molecule is O=C(NCc1ccc2c(c1)OCO2)c1ccc(Cl)c(NC2=N[C@H]3CS(=O)(=O)C[C@@H]3S2)c1. The Hall–Kier alpha value is -2.43. The molecular weight excluding hydrogens is 462 g/mol. The summed E-state index contributed by atoms with van der Waals surface area (Å²) in [6.45, 7) is 0.536. The Morgan fingerprint density at radius 3 is 2.84 bits per heavy atom. The lowest BCUT2D eigenvalue weighted by atomic mass is 10.1. The summed E-state index contributed by atoms with van der Waals surface area (Å²) in [6, 6.07) is 10.2. The maximum atomic E-state index is 12.6. The molecule has 31 heavy (non-hydrogen) atoms. The monoisotopic (exact) mass is 479 g/mol. The Balaban J connectivity index is 1.25. The number of hydrogen-bond acceptors (Lipinski definition) is 8. The summed E-state index contributed by atoms with van der Waals surface area (Å²) in [5, 5.41) is 7.01. The Morgan fingerprint density at radius 1 is 1.16 bits per heavy atom. The quantitative estimate of drug-likeness (QED) is 0.694.